The summed E-state index contributed by atoms with van der Waals surface area (Å²) < 4.78 is 5.43. The lowest BCUT2D eigenvalue weighted by Crippen LogP contribution is -2.13. The highest BCUT2D eigenvalue weighted by Crippen LogP contribution is 2.06. The zero-order chi connectivity index (χ0) is 9.68. The molecule has 1 aromatic rings. The molecule has 0 radical (unpaired) electrons. The quantitative estimate of drug-likeness (QED) is 0.756. The lowest BCUT2D eigenvalue weighted by Gasteiger charge is -2.10. The summed E-state index contributed by atoms with van der Waals surface area (Å²) in [5.74, 6) is 0. The Morgan fingerprint density at radius 3 is 3.00 bits per heavy atom. The molecule has 0 saturated heterocycles. The van der Waals surface area contributed by atoms with E-state index in [1.54, 1.807) is 12.3 Å². The number of rotatable bonds is 4. The SMILES string of the molecule is CCC(C)Oc1nccc(CN)n1. The fraction of sp³-hybridized carbons (Fsp3) is 0.556. The first-order valence-corrected chi connectivity index (χ1v) is 4.45. The topological polar surface area (TPSA) is 61.0 Å². The monoisotopic (exact) mass is 181 g/mol. The molecule has 4 nitrogen and oxygen atoms in total. The molecule has 1 heterocycles. The molecular formula is C9H15N3O. The summed E-state index contributed by atoms with van der Waals surface area (Å²) in [6.45, 7) is 4.45. The van der Waals surface area contributed by atoms with E-state index in [2.05, 4.69) is 16.9 Å². The molecule has 0 bridgehead atoms. The third-order valence-electron chi connectivity index (χ3n) is 1.78. The number of aromatic nitrogens is 2. The normalized spacial score (nSPS) is 12.5. The fourth-order valence-corrected chi connectivity index (χ4v) is 0.810. The molecule has 72 valence electrons. The molecular weight excluding hydrogens is 166 g/mol. The highest BCUT2D eigenvalue weighted by molar-refractivity contribution is 5.05. The number of ether oxygens (including phenoxy) is 1. The van der Waals surface area contributed by atoms with E-state index in [0.29, 0.717) is 12.6 Å². The molecule has 1 aromatic heterocycles. The molecule has 0 amide bonds. The van der Waals surface area contributed by atoms with Crippen LogP contribution in [-0.4, -0.2) is 16.1 Å². The van der Waals surface area contributed by atoms with Gasteiger partial charge in [-0.1, -0.05) is 6.92 Å². The largest absolute Gasteiger partial charge is 0.460 e. The Bertz CT molecular complexity index is 265. The van der Waals surface area contributed by atoms with E-state index >= 15 is 0 Å². The van der Waals surface area contributed by atoms with Gasteiger partial charge in [-0.3, -0.25) is 0 Å². The molecule has 0 aliphatic heterocycles. The number of nitrogens with zero attached hydrogens (tertiary/aromatic N) is 2. The summed E-state index contributed by atoms with van der Waals surface area (Å²) in [5.41, 5.74) is 6.24. The lowest BCUT2D eigenvalue weighted by atomic mass is 10.3. The summed E-state index contributed by atoms with van der Waals surface area (Å²) in [5, 5.41) is 0. The Labute approximate surface area is 78.1 Å². The van der Waals surface area contributed by atoms with E-state index < -0.39 is 0 Å². The first-order chi connectivity index (χ1) is 6.26. The molecule has 1 atom stereocenters. The van der Waals surface area contributed by atoms with E-state index in [0.717, 1.165) is 12.1 Å². The minimum Gasteiger partial charge on any atom is -0.460 e. The van der Waals surface area contributed by atoms with Crippen LogP contribution in [0.2, 0.25) is 0 Å². The van der Waals surface area contributed by atoms with Crippen LogP contribution in [0, 0.1) is 0 Å². The van der Waals surface area contributed by atoms with Crippen LogP contribution in [0.3, 0.4) is 0 Å². The van der Waals surface area contributed by atoms with Crippen LogP contribution in [0.1, 0.15) is 26.0 Å². The summed E-state index contributed by atoms with van der Waals surface area (Å²) in [6.07, 6.45) is 2.75. The summed E-state index contributed by atoms with van der Waals surface area (Å²) in [7, 11) is 0. The summed E-state index contributed by atoms with van der Waals surface area (Å²) in [4.78, 5) is 8.11. The van der Waals surface area contributed by atoms with Crippen molar-refractivity contribution in [3.05, 3.63) is 18.0 Å². The number of nitrogens with two attached hydrogens (primary N) is 1. The van der Waals surface area contributed by atoms with Crippen LogP contribution < -0.4 is 10.5 Å². The average molecular weight is 181 g/mol. The van der Waals surface area contributed by atoms with Crippen LogP contribution >= 0.6 is 0 Å². The van der Waals surface area contributed by atoms with E-state index in [-0.39, 0.29) is 6.10 Å². The lowest BCUT2D eigenvalue weighted by molar-refractivity contribution is 0.198. The van der Waals surface area contributed by atoms with Gasteiger partial charge in [0.2, 0.25) is 0 Å². The summed E-state index contributed by atoms with van der Waals surface area (Å²) in [6, 6.07) is 2.20. The maximum absolute atomic E-state index is 5.44. The highest BCUT2D eigenvalue weighted by Gasteiger charge is 2.03. The van der Waals surface area contributed by atoms with Gasteiger partial charge in [-0.2, -0.15) is 4.98 Å². The third-order valence-corrected chi connectivity index (χ3v) is 1.78. The first-order valence-electron chi connectivity index (χ1n) is 4.45. The van der Waals surface area contributed by atoms with Crippen LogP contribution in [0.4, 0.5) is 0 Å². The Balaban J connectivity index is 2.66. The van der Waals surface area contributed by atoms with Crippen LogP contribution in [0.15, 0.2) is 12.3 Å². The van der Waals surface area contributed by atoms with E-state index in [1.807, 2.05) is 6.92 Å². The van der Waals surface area contributed by atoms with Crippen molar-refractivity contribution >= 4 is 0 Å². The van der Waals surface area contributed by atoms with Gasteiger partial charge in [0.15, 0.2) is 0 Å². The van der Waals surface area contributed by atoms with Crippen molar-refractivity contribution < 1.29 is 4.74 Å². The Morgan fingerprint density at radius 2 is 2.38 bits per heavy atom. The zero-order valence-electron chi connectivity index (χ0n) is 8.03. The number of hydrogen-bond acceptors (Lipinski definition) is 4. The van der Waals surface area contributed by atoms with Gasteiger partial charge >= 0.3 is 6.01 Å². The van der Waals surface area contributed by atoms with Gasteiger partial charge in [-0.15, -0.1) is 0 Å². The highest BCUT2D eigenvalue weighted by atomic mass is 16.5. The Hall–Kier alpha value is -1.16. The van der Waals surface area contributed by atoms with Gasteiger partial charge in [0.05, 0.1) is 11.8 Å². The van der Waals surface area contributed by atoms with E-state index in [9.17, 15) is 0 Å². The van der Waals surface area contributed by atoms with Crippen molar-refractivity contribution in [1.82, 2.24) is 9.97 Å². The van der Waals surface area contributed by atoms with Crippen molar-refractivity contribution in [3.63, 3.8) is 0 Å². The molecule has 0 aliphatic carbocycles. The Morgan fingerprint density at radius 1 is 1.62 bits per heavy atom. The first kappa shape index (κ1) is 9.92. The second kappa shape index (κ2) is 4.77. The van der Waals surface area contributed by atoms with Gasteiger partial charge in [-0.25, -0.2) is 4.98 Å². The van der Waals surface area contributed by atoms with Crippen LogP contribution in [0.5, 0.6) is 6.01 Å². The van der Waals surface area contributed by atoms with Gasteiger partial charge in [-0.05, 0) is 19.4 Å². The van der Waals surface area contributed by atoms with Crippen molar-refractivity contribution in [2.45, 2.75) is 32.9 Å². The molecule has 4 heteroatoms. The predicted molar refractivity (Wildman–Crippen MR) is 50.3 cm³/mol. The molecule has 2 N–H and O–H groups in total. The molecule has 0 aliphatic rings. The third kappa shape index (κ3) is 2.99. The molecule has 1 unspecified atom stereocenters. The Kier molecular flexibility index (Phi) is 3.64. The summed E-state index contributed by atoms with van der Waals surface area (Å²) >= 11 is 0. The molecule has 1 rings (SSSR count). The molecule has 0 fully saturated rings. The van der Waals surface area contributed by atoms with E-state index in [1.165, 1.54) is 0 Å². The zero-order valence-corrected chi connectivity index (χ0v) is 8.03. The van der Waals surface area contributed by atoms with Gasteiger partial charge in [0, 0.05) is 12.7 Å². The van der Waals surface area contributed by atoms with Crippen LogP contribution in [-0.2, 0) is 6.54 Å². The van der Waals surface area contributed by atoms with Crippen molar-refractivity contribution in [2.75, 3.05) is 0 Å². The van der Waals surface area contributed by atoms with Crippen molar-refractivity contribution in [3.8, 4) is 6.01 Å². The average Bonchev–Trinajstić information content (AvgIpc) is 2.18. The fourth-order valence-electron chi connectivity index (χ4n) is 0.810. The number of hydrogen-bond donors (Lipinski definition) is 1. The molecule has 0 spiro atoms. The van der Waals surface area contributed by atoms with Gasteiger partial charge < -0.3 is 10.5 Å². The predicted octanol–water partition coefficient (Wildman–Crippen LogP) is 1.11. The molecule has 13 heavy (non-hydrogen) atoms. The smallest absolute Gasteiger partial charge is 0.316 e. The molecule has 0 aromatic carbocycles. The standard InChI is InChI=1S/C9H15N3O/c1-3-7(2)13-9-11-5-4-8(6-10)12-9/h4-5,7H,3,6,10H2,1-2H3. The molecule has 0 saturated carbocycles. The minimum absolute atomic E-state index is 0.146. The maximum atomic E-state index is 5.44. The van der Waals surface area contributed by atoms with Crippen molar-refractivity contribution in [1.29, 1.82) is 0 Å². The van der Waals surface area contributed by atoms with Crippen molar-refractivity contribution in [2.24, 2.45) is 5.73 Å². The van der Waals surface area contributed by atoms with Gasteiger partial charge in [0.25, 0.3) is 0 Å². The minimum atomic E-state index is 0.146. The second-order valence-corrected chi connectivity index (χ2v) is 2.87. The van der Waals surface area contributed by atoms with E-state index in [4.69, 9.17) is 10.5 Å². The maximum Gasteiger partial charge on any atom is 0.316 e. The van der Waals surface area contributed by atoms with Crippen LogP contribution in [0.25, 0.3) is 0 Å². The second-order valence-electron chi connectivity index (χ2n) is 2.87. The van der Waals surface area contributed by atoms with Gasteiger partial charge in [0.1, 0.15) is 0 Å².